The van der Waals surface area contributed by atoms with Crippen molar-refractivity contribution in [3.05, 3.63) is 41.0 Å². The smallest absolute Gasteiger partial charge is 0.230 e. The van der Waals surface area contributed by atoms with Crippen LogP contribution >= 0.6 is 11.3 Å². The van der Waals surface area contributed by atoms with E-state index in [4.69, 9.17) is 9.47 Å². The molecule has 2 aromatic heterocycles. The number of benzene rings is 1. The van der Waals surface area contributed by atoms with Crippen molar-refractivity contribution < 1.29 is 14.6 Å². The summed E-state index contributed by atoms with van der Waals surface area (Å²) >= 11 is 1.46. The minimum absolute atomic E-state index is 0.118. The molecule has 3 aromatic rings. The third kappa shape index (κ3) is 3.04. The van der Waals surface area contributed by atoms with Crippen molar-refractivity contribution in [3.8, 4) is 11.6 Å². The highest BCUT2D eigenvalue weighted by atomic mass is 32.1. The van der Waals surface area contributed by atoms with Gasteiger partial charge >= 0.3 is 0 Å². The molecule has 4 rings (SSSR count). The van der Waals surface area contributed by atoms with Gasteiger partial charge in [0.2, 0.25) is 10.8 Å². The molecule has 0 aliphatic carbocycles. The maximum atomic E-state index is 10.8. The minimum atomic E-state index is -0.118. The summed E-state index contributed by atoms with van der Waals surface area (Å²) in [6, 6.07) is 7.86. The van der Waals surface area contributed by atoms with E-state index in [2.05, 4.69) is 34.9 Å². The molecule has 138 valence electrons. The second kappa shape index (κ2) is 6.86. The lowest BCUT2D eigenvalue weighted by Crippen LogP contribution is -2.47. The highest BCUT2D eigenvalue weighted by Gasteiger charge is 2.34. The Morgan fingerprint density at radius 1 is 1.31 bits per heavy atom. The van der Waals surface area contributed by atoms with Gasteiger partial charge in [-0.15, -0.1) is 0 Å². The standard InChI is InChI=1S/C18H22N4O3S/c1-11-8-21(9-12(2)25-11)15(13-5-4-6-14(7-13)24-3)16-17(23)22-18(26-16)19-10-20-22/h4-7,10-12,15,23H,8-9H2,1-3H3/t11-,12+,15-/m0/s1. The molecule has 1 aliphatic rings. The summed E-state index contributed by atoms with van der Waals surface area (Å²) in [5.41, 5.74) is 1.06. The van der Waals surface area contributed by atoms with E-state index in [1.165, 1.54) is 22.2 Å². The Morgan fingerprint density at radius 3 is 2.77 bits per heavy atom. The molecule has 3 atom stereocenters. The fraction of sp³-hybridized carbons (Fsp3) is 0.444. The quantitative estimate of drug-likeness (QED) is 0.757. The number of thiazole rings is 1. The Morgan fingerprint density at radius 2 is 2.08 bits per heavy atom. The Balaban J connectivity index is 1.83. The van der Waals surface area contributed by atoms with Crippen LogP contribution in [0.4, 0.5) is 0 Å². The normalized spacial score (nSPS) is 22.6. The third-order valence-corrected chi connectivity index (χ3v) is 5.70. The lowest BCUT2D eigenvalue weighted by Gasteiger charge is -2.40. The van der Waals surface area contributed by atoms with Crippen LogP contribution in [0.1, 0.15) is 30.3 Å². The highest BCUT2D eigenvalue weighted by molar-refractivity contribution is 7.17. The van der Waals surface area contributed by atoms with Gasteiger partial charge in [-0.05, 0) is 31.5 Å². The van der Waals surface area contributed by atoms with Gasteiger partial charge in [0.1, 0.15) is 12.1 Å². The maximum absolute atomic E-state index is 10.8. The first-order valence-electron chi connectivity index (χ1n) is 8.61. The Labute approximate surface area is 155 Å². The van der Waals surface area contributed by atoms with E-state index in [1.54, 1.807) is 7.11 Å². The molecule has 8 heteroatoms. The number of rotatable bonds is 4. The summed E-state index contributed by atoms with van der Waals surface area (Å²) in [6.07, 6.45) is 1.70. The molecule has 1 N–H and O–H groups in total. The fourth-order valence-electron chi connectivity index (χ4n) is 3.64. The van der Waals surface area contributed by atoms with Crippen LogP contribution in [0, 0.1) is 0 Å². The largest absolute Gasteiger partial charge is 0.497 e. The molecule has 0 spiro atoms. The molecule has 0 unspecified atom stereocenters. The molecule has 0 amide bonds. The summed E-state index contributed by atoms with van der Waals surface area (Å²) in [4.78, 5) is 8.08. The van der Waals surface area contributed by atoms with Crippen LogP contribution in [0.15, 0.2) is 30.6 Å². The van der Waals surface area contributed by atoms with Crippen LogP contribution in [0.25, 0.3) is 4.96 Å². The first kappa shape index (κ1) is 17.3. The number of aromatic nitrogens is 3. The molecular formula is C18H22N4O3S. The van der Waals surface area contributed by atoms with E-state index in [0.29, 0.717) is 4.96 Å². The van der Waals surface area contributed by atoms with Crippen molar-refractivity contribution in [2.24, 2.45) is 0 Å². The Hall–Kier alpha value is -2.16. The fourth-order valence-corrected chi connectivity index (χ4v) is 4.73. The molecule has 3 heterocycles. The highest BCUT2D eigenvalue weighted by Crippen LogP contribution is 2.41. The molecule has 1 saturated heterocycles. The van der Waals surface area contributed by atoms with Crippen LogP contribution in [-0.2, 0) is 4.74 Å². The van der Waals surface area contributed by atoms with Crippen LogP contribution < -0.4 is 4.74 Å². The number of fused-ring (bicyclic) bond motifs is 1. The van der Waals surface area contributed by atoms with Gasteiger partial charge in [-0.1, -0.05) is 23.5 Å². The van der Waals surface area contributed by atoms with Crippen molar-refractivity contribution in [1.82, 2.24) is 19.5 Å². The number of nitrogens with zero attached hydrogens (tertiary/aromatic N) is 4. The van der Waals surface area contributed by atoms with E-state index < -0.39 is 0 Å². The lowest BCUT2D eigenvalue weighted by molar-refractivity contribution is -0.0764. The molecular weight excluding hydrogens is 352 g/mol. The second-order valence-corrected chi connectivity index (χ2v) is 7.64. The van der Waals surface area contributed by atoms with Gasteiger partial charge in [0.15, 0.2) is 0 Å². The number of hydrogen-bond acceptors (Lipinski definition) is 7. The summed E-state index contributed by atoms with van der Waals surface area (Å²) in [5, 5.41) is 14.9. The number of morpholine rings is 1. The lowest BCUT2D eigenvalue weighted by atomic mass is 10.0. The summed E-state index contributed by atoms with van der Waals surface area (Å²) in [7, 11) is 1.66. The molecule has 0 saturated carbocycles. The van der Waals surface area contributed by atoms with E-state index >= 15 is 0 Å². The predicted molar refractivity (Wildman–Crippen MR) is 98.9 cm³/mol. The zero-order valence-corrected chi connectivity index (χ0v) is 15.8. The van der Waals surface area contributed by atoms with Crippen molar-refractivity contribution in [3.63, 3.8) is 0 Å². The van der Waals surface area contributed by atoms with Gasteiger partial charge in [0.05, 0.1) is 30.2 Å². The van der Waals surface area contributed by atoms with Crippen LogP contribution in [-0.4, -0.2) is 57.0 Å². The van der Waals surface area contributed by atoms with Gasteiger partial charge in [-0.3, -0.25) is 4.90 Å². The zero-order valence-electron chi connectivity index (χ0n) is 15.0. The van der Waals surface area contributed by atoms with Gasteiger partial charge in [0, 0.05) is 13.1 Å². The van der Waals surface area contributed by atoms with E-state index in [1.807, 2.05) is 18.2 Å². The number of aromatic hydroxyl groups is 1. The summed E-state index contributed by atoms with van der Waals surface area (Å²) in [6.45, 7) is 5.71. The van der Waals surface area contributed by atoms with Crippen LogP contribution in [0.5, 0.6) is 11.6 Å². The third-order valence-electron chi connectivity index (χ3n) is 4.61. The Kier molecular flexibility index (Phi) is 4.56. The molecule has 7 nitrogen and oxygen atoms in total. The molecule has 26 heavy (non-hydrogen) atoms. The van der Waals surface area contributed by atoms with E-state index in [0.717, 1.165) is 29.3 Å². The summed E-state index contributed by atoms with van der Waals surface area (Å²) < 4.78 is 12.8. The van der Waals surface area contributed by atoms with Crippen molar-refractivity contribution in [2.75, 3.05) is 20.2 Å². The van der Waals surface area contributed by atoms with Crippen molar-refractivity contribution >= 4 is 16.3 Å². The predicted octanol–water partition coefficient (Wildman–Crippen LogP) is 2.70. The average molecular weight is 374 g/mol. The van der Waals surface area contributed by atoms with Gasteiger partial charge < -0.3 is 14.6 Å². The molecule has 0 radical (unpaired) electrons. The molecule has 1 aromatic carbocycles. The average Bonchev–Trinajstić information content (AvgIpc) is 3.19. The Bertz CT molecular complexity index is 899. The molecule has 1 aliphatic heterocycles. The first-order chi connectivity index (χ1) is 12.6. The van der Waals surface area contributed by atoms with Gasteiger partial charge in [0.25, 0.3) is 0 Å². The number of methoxy groups -OCH3 is 1. The maximum Gasteiger partial charge on any atom is 0.230 e. The van der Waals surface area contributed by atoms with Crippen molar-refractivity contribution in [2.45, 2.75) is 32.1 Å². The molecule has 1 fully saturated rings. The zero-order chi connectivity index (χ0) is 18.3. The molecule has 0 bridgehead atoms. The monoisotopic (exact) mass is 374 g/mol. The van der Waals surface area contributed by atoms with Gasteiger partial charge in [-0.2, -0.15) is 9.61 Å². The topological polar surface area (TPSA) is 72.1 Å². The second-order valence-electron chi connectivity index (χ2n) is 6.63. The van der Waals surface area contributed by atoms with E-state index in [-0.39, 0.29) is 24.1 Å². The number of hydrogen-bond donors (Lipinski definition) is 1. The SMILES string of the molecule is COc1cccc([C@@H](c2sc3ncnn3c2O)N2C[C@@H](C)O[C@@H](C)C2)c1. The van der Waals surface area contributed by atoms with E-state index in [9.17, 15) is 5.11 Å². The van der Waals surface area contributed by atoms with Crippen LogP contribution in [0.3, 0.4) is 0 Å². The van der Waals surface area contributed by atoms with Crippen LogP contribution in [0.2, 0.25) is 0 Å². The first-order valence-corrected chi connectivity index (χ1v) is 9.43. The number of ether oxygens (including phenoxy) is 2. The van der Waals surface area contributed by atoms with Gasteiger partial charge in [-0.25, -0.2) is 4.98 Å². The summed E-state index contributed by atoms with van der Waals surface area (Å²) in [5.74, 6) is 0.933. The van der Waals surface area contributed by atoms with Crippen molar-refractivity contribution in [1.29, 1.82) is 0 Å². The minimum Gasteiger partial charge on any atom is -0.497 e.